The van der Waals surface area contributed by atoms with Gasteiger partial charge in [-0.1, -0.05) is 18.2 Å². The lowest BCUT2D eigenvalue weighted by molar-refractivity contribution is 0.400. The first-order valence-corrected chi connectivity index (χ1v) is 5.96. The number of piperidine rings is 1. The molecule has 0 radical (unpaired) electrons. The van der Waals surface area contributed by atoms with E-state index >= 15 is 0 Å². The lowest BCUT2D eigenvalue weighted by Gasteiger charge is -2.23. The first-order chi connectivity index (χ1) is 7.95. The van der Waals surface area contributed by atoms with Crippen molar-refractivity contribution in [3.8, 4) is 0 Å². The third-order valence-electron chi connectivity index (χ3n) is 2.86. The van der Waals surface area contributed by atoms with Crippen molar-refractivity contribution in [3.05, 3.63) is 36.2 Å². The standard InChI is InChI=1S/C13H19N3/c1-3-12(11-15-7-1)4-2-8-16-13-5-9-14-10-6-13/h1-4,7,11,13-14,16H,5-6,8-10H2/b4-2+. The maximum absolute atomic E-state index is 4.07. The molecular weight excluding hydrogens is 198 g/mol. The Labute approximate surface area is 97.0 Å². The Bertz CT molecular complexity index is 315. The summed E-state index contributed by atoms with van der Waals surface area (Å²) in [5.41, 5.74) is 1.16. The maximum Gasteiger partial charge on any atom is 0.0340 e. The molecule has 1 saturated heterocycles. The van der Waals surface area contributed by atoms with Gasteiger partial charge in [0, 0.05) is 25.0 Å². The van der Waals surface area contributed by atoms with Gasteiger partial charge in [-0.15, -0.1) is 0 Å². The molecular formula is C13H19N3. The number of aromatic nitrogens is 1. The summed E-state index contributed by atoms with van der Waals surface area (Å²) in [5.74, 6) is 0. The van der Waals surface area contributed by atoms with E-state index in [0.717, 1.165) is 25.2 Å². The van der Waals surface area contributed by atoms with Gasteiger partial charge in [0.05, 0.1) is 0 Å². The second-order valence-corrected chi connectivity index (χ2v) is 4.12. The van der Waals surface area contributed by atoms with E-state index in [0.29, 0.717) is 6.04 Å². The SMILES string of the molecule is C(=C\c1cccnc1)/CNC1CCNCC1. The zero-order chi connectivity index (χ0) is 11.1. The van der Waals surface area contributed by atoms with E-state index in [-0.39, 0.29) is 0 Å². The predicted molar refractivity (Wildman–Crippen MR) is 67.2 cm³/mol. The van der Waals surface area contributed by atoms with Crippen molar-refractivity contribution in [2.24, 2.45) is 0 Å². The summed E-state index contributed by atoms with van der Waals surface area (Å²) >= 11 is 0. The van der Waals surface area contributed by atoms with Crippen molar-refractivity contribution in [2.45, 2.75) is 18.9 Å². The van der Waals surface area contributed by atoms with Crippen molar-refractivity contribution in [1.82, 2.24) is 15.6 Å². The quantitative estimate of drug-likeness (QED) is 0.801. The van der Waals surface area contributed by atoms with E-state index in [2.05, 4.69) is 33.8 Å². The van der Waals surface area contributed by atoms with Crippen molar-refractivity contribution in [1.29, 1.82) is 0 Å². The topological polar surface area (TPSA) is 37.0 Å². The molecule has 16 heavy (non-hydrogen) atoms. The fourth-order valence-electron chi connectivity index (χ4n) is 1.93. The zero-order valence-corrected chi connectivity index (χ0v) is 9.52. The van der Waals surface area contributed by atoms with Crippen LogP contribution in [0, 0.1) is 0 Å². The second kappa shape index (κ2) is 6.40. The summed E-state index contributed by atoms with van der Waals surface area (Å²) in [7, 11) is 0. The van der Waals surface area contributed by atoms with Gasteiger partial charge in [0.2, 0.25) is 0 Å². The summed E-state index contributed by atoms with van der Waals surface area (Å²) in [6.45, 7) is 3.23. The molecule has 1 fully saturated rings. The van der Waals surface area contributed by atoms with Crippen molar-refractivity contribution in [2.75, 3.05) is 19.6 Å². The third kappa shape index (κ3) is 3.76. The van der Waals surface area contributed by atoms with Crippen LogP contribution in [0.25, 0.3) is 6.08 Å². The average molecular weight is 217 g/mol. The Balaban J connectivity index is 1.69. The van der Waals surface area contributed by atoms with Gasteiger partial charge < -0.3 is 10.6 Å². The smallest absolute Gasteiger partial charge is 0.0340 e. The Morgan fingerprint density at radius 2 is 2.31 bits per heavy atom. The van der Waals surface area contributed by atoms with E-state index in [1.54, 1.807) is 6.20 Å². The first kappa shape index (κ1) is 11.3. The number of nitrogens with zero attached hydrogens (tertiary/aromatic N) is 1. The molecule has 0 bridgehead atoms. The predicted octanol–water partition coefficient (Wildman–Crippen LogP) is 1.44. The summed E-state index contributed by atoms with van der Waals surface area (Å²) in [5, 5.41) is 6.91. The van der Waals surface area contributed by atoms with Crippen LogP contribution in [0.4, 0.5) is 0 Å². The van der Waals surface area contributed by atoms with Crippen LogP contribution in [0.3, 0.4) is 0 Å². The number of pyridine rings is 1. The third-order valence-corrected chi connectivity index (χ3v) is 2.86. The molecule has 0 unspecified atom stereocenters. The molecule has 0 saturated carbocycles. The molecule has 1 aromatic heterocycles. The molecule has 2 N–H and O–H groups in total. The molecule has 1 aliphatic rings. The number of hydrogen-bond acceptors (Lipinski definition) is 3. The van der Waals surface area contributed by atoms with Crippen LogP contribution in [0.15, 0.2) is 30.6 Å². The van der Waals surface area contributed by atoms with Gasteiger partial charge in [-0.05, 0) is 37.6 Å². The van der Waals surface area contributed by atoms with Crippen LogP contribution in [0.1, 0.15) is 18.4 Å². The van der Waals surface area contributed by atoms with Crippen molar-refractivity contribution >= 4 is 6.08 Å². The Hall–Kier alpha value is -1.19. The summed E-state index contributed by atoms with van der Waals surface area (Å²) in [4.78, 5) is 4.07. The monoisotopic (exact) mass is 217 g/mol. The van der Waals surface area contributed by atoms with E-state index in [4.69, 9.17) is 0 Å². The van der Waals surface area contributed by atoms with E-state index in [1.165, 1.54) is 12.8 Å². The minimum Gasteiger partial charge on any atom is -0.317 e. The number of rotatable bonds is 4. The molecule has 0 amide bonds. The van der Waals surface area contributed by atoms with Gasteiger partial charge in [-0.2, -0.15) is 0 Å². The Kier molecular flexibility index (Phi) is 4.52. The lowest BCUT2D eigenvalue weighted by Crippen LogP contribution is -2.39. The Morgan fingerprint density at radius 1 is 1.44 bits per heavy atom. The largest absolute Gasteiger partial charge is 0.317 e. The maximum atomic E-state index is 4.07. The normalized spacial score (nSPS) is 18.0. The van der Waals surface area contributed by atoms with E-state index < -0.39 is 0 Å². The molecule has 2 rings (SSSR count). The molecule has 0 aromatic carbocycles. The summed E-state index contributed by atoms with van der Waals surface area (Å²) < 4.78 is 0. The summed E-state index contributed by atoms with van der Waals surface area (Å²) in [6, 6.07) is 4.70. The molecule has 86 valence electrons. The first-order valence-electron chi connectivity index (χ1n) is 5.96. The van der Waals surface area contributed by atoms with Gasteiger partial charge in [0.15, 0.2) is 0 Å². The second-order valence-electron chi connectivity index (χ2n) is 4.12. The highest BCUT2D eigenvalue weighted by atomic mass is 15.0. The summed E-state index contributed by atoms with van der Waals surface area (Å²) in [6.07, 6.45) is 10.4. The van der Waals surface area contributed by atoms with Gasteiger partial charge >= 0.3 is 0 Å². The van der Waals surface area contributed by atoms with Crippen LogP contribution < -0.4 is 10.6 Å². The van der Waals surface area contributed by atoms with Gasteiger partial charge in [0.25, 0.3) is 0 Å². The molecule has 1 aromatic rings. The molecule has 2 heterocycles. The van der Waals surface area contributed by atoms with Crippen LogP contribution in [-0.4, -0.2) is 30.7 Å². The van der Waals surface area contributed by atoms with Gasteiger partial charge in [-0.25, -0.2) is 0 Å². The molecule has 0 spiro atoms. The lowest BCUT2D eigenvalue weighted by atomic mass is 10.1. The molecule has 3 nitrogen and oxygen atoms in total. The van der Waals surface area contributed by atoms with Crippen LogP contribution in [-0.2, 0) is 0 Å². The highest BCUT2D eigenvalue weighted by Crippen LogP contribution is 2.02. The molecule has 1 aliphatic heterocycles. The van der Waals surface area contributed by atoms with Gasteiger partial charge in [-0.3, -0.25) is 4.98 Å². The Morgan fingerprint density at radius 3 is 3.06 bits per heavy atom. The van der Waals surface area contributed by atoms with Crippen LogP contribution >= 0.6 is 0 Å². The molecule has 0 atom stereocenters. The average Bonchev–Trinajstić information content (AvgIpc) is 2.37. The minimum absolute atomic E-state index is 0.680. The van der Waals surface area contributed by atoms with Crippen LogP contribution in [0.5, 0.6) is 0 Å². The fraction of sp³-hybridized carbons (Fsp3) is 0.462. The fourth-order valence-corrected chi connectivity index (χ4v) is 1.93. The van der Waals surface area contributed by atoms with Crippen LogP contribution in [0.2, 0.25) is 0 Å². The molecule has 3 heteroatoms. The number of hydrogen-bond donors (Lipinski definition) is 2. The van der Waals surface area contributed by atoms with Crippen molar-refractivity contribution in [3.63, 3.8) is 0 Å². The number of nitrogens with one attached hydrogen (secondary N) is 2. The molecule has 0 aliphatic carbocycles. The minimum atomic E-state index is 0.680. The van der Waals surface area contributed by atoms with E-state index in [9.17, 15) is 0 Å². The highest BCUT2D eigenvalue weighted by Gasteiger charge is 2.10. The zero-order valence-electron chi connectivity index (χ0n) is 9.52. The van der Waals surface area contributed by atoms with Crippen molar-refractivity contribution < 1.29 is 0 Å². The van der Waals surface area contributed by atoms with E-state index in [1.807, 2.05) is 12.3 Å². The highest BCUT2D eigenvalue weighted by molar-refractivity contribution is 5.47. The van der Waals surface area contributed by atoms with Gasteiger partial charge in [0.1, 0.15) is 0 Å².